The van der Waals surface area contributed by atoms with Gasteiger partial charge in [-0.15, -0.1) is 11.8 Å². The summed E-state index contributed by atoms with van der Waals surface area (Å²) in [7, 11) is 6.15. The molecule has 1 amide bonds. The molecule has 10 heteroatoms. The van der Waals surface area contributed by atoms with E-state index in [9.17, 15) is 10.1 Å². The first-order chi connectivity index (χ1) is 19.9. The Labute approximate surface area is 248 Å². The van der Waals surface area contributed by atoms with Crippen molar-refractivity contribution in [2.75, 3.05) is 39.5 Å². The predicted octanol–water partition coefficient (Wildman–Crippen LogP) is 7.10. The van der Waals surface area contributed by atoms with Gasteiger partial charge in [0.05, 0.1) is 44.7 Å². The molecular formula is C31H28ClN3O5S. The van der Waals surface area contributed by atoms with Crippen molar-refractivity contribution in [1.82, 2.24) is 4.98 Å². The highest BCUT2D eigenvalue weighted by Gasteiger charge is 2.20. The van der Waals surface area contributed by atoms with Crippen molar-refractivity contribution >= 4 is 35.0 Å². The van der Waals surface area contributed by atoms with Crippen LogP contribution in [0.5, 0.6) is 23.0 Å². The van der Waals surface area contributed by atoms with Crippen molar-refractivity contribution in [3.8, 4) is 51.5 Å². The van der Waals surface area contributed by atoms with Crippen molar-refractivity contribution in [2.45, 2.75) is 11.4 Å². The van der Waals surface area contributed by atoms with E-state index in [1.165, 1.54) is 26.0 Å². The average Bonchev–Trinajstić information content (AvgIpc) is 3.00. The summed E-state index contributed by atoms with van der Waals surface area (Å²) in [6.45, 7) is 0. The van der Waals surface area contributed by atoms with Gasteiger partial charge in [0.15, 0.2) is 11.5 Å². The zero-order chi connectivity index (χ0) is 29.4. The zero-order valence-corrected chi connectivity index (χ0v) is 24.6. The van der Waals surface area contributed by atoms with Gasteiger partial charge in [0.1, 0.15) is 16.8 Å². The van der Waals surface area contributed by atoms with Gasteiger partial charge in [-0.3, -0.25) is 4.79 Å². The van der Waals surface area contributed by atoms with Gasteiger partial charge in [0.25, 0.3) is 0 Å². The van der Waals surface area contributed by atoms with Crippen molar-refractivity contribution in [3.63, 3.8) is 0 Å². The van der Waals surface area contributed by atoms with Crippen LogP contribution in [0.1, 0.15) is 12.0 Å². The van der Waals surface area contributed by atoms with Crippen LogP contribution in [-0.4, -0.2) is 45.1 Å². The van der Waals surface area contributed by atoms with Crippen LogP contribution in [0.2, 0.25) is 5.02 Å². The molecule has 210 valence electrons. The highest BCUT2D eigenvalue weighted by molar-refractivity contribution is 7.99. The van der Waals surface area contributed by atoms with Crippen molar-refractivity contribution in [3.05, 3.63) is 77.3 Å². The topological polar surface area (TPSA) is 103 Å². The van der Waals surface area contributed by atoms with E-state index in [1.54, 1.807) is 44.6 Å². The maximum absolute atomic E-state index is 12.7. The van der Waals surface area contributed by atoms with Gasteiger partial charge in [-0.1, -0.05) is 41.9 Å². The lowest BCUT2D eigenvalue weighted by molar-refractivity contribution is -0.115. The van der Waals surface area contributed by atoms with Crippen LogP contribution in [0.15, 0.2) is 71.8 Å². The Morgan fingerprint density at radius 1 is 0.902 bits per heavy atom. The number of pyridine rings is 1. The summed E-state index contributed by atoms with van der Waals surface area (Å²) in [5.74, 6) is 2.11. The minimum absolute atomic E-state index is 0.190. The number of methoxy groups -OCH3 is 4. The Morgan fingerprint density at radius 2 is 1.59 bits per heavy atom. The third kappa shape index (κ3) is 6.85. The number of thioether (sulfide) groups is 1. The minimum atomic E-state index is -0.193. The fourth-order valence-corrected chi connectivity index (χ4v) is 5.36. The number of hydrogen-bond donors (Lipinski definition) is 1. The molecule has 8 nitrogen and oxygen atoms in total. The maximum Gasteiger partial charge on any atom is 0.225 e. The monoisotopic (exact) mass is 589 g/mol. The van der Waals surface area contributed by atoms with Crippen LogP contribution in [0, 0.1) is 11.3 Å². The number of carbonyl (C=O) groups is 1. The molecule has 0 aliphatic rings. The number of nitrogens with zero attached hydrogens (tertiary/aromatic N) is 2. The first kappa shape index (κ1) is 29.6. The number of rotatable bonds is 11. The van der Waals surface area contributed by atoms with E-state index < -0.39 is 0 Å². The first-order valence-electron chi connectivity index (χ1n) is 12.5. The fraction of sp³-hybridized carbons (Fsp3) is 0.194. The molecule has 3 aromatic carbocycles. The van der Waals surface area contributed by atoms with Gasteiger partial charge in [-0.25, -0.2) is 4.98 Å². The van der Waals surface area contributed by atoms with E-state index >= 15 is 0 Å². The van der Waals surface area contributed by atoms with E-state index in [2.05, 4.69) is 11.4 Å². The van der Waals surface area contributed by atoms with Gasteiger partial charge in [-0.05, 0) is 42.0 Å². The summed E-state index contributed by atoms with van der Waals surface area (Å²) in [5, 5.41) is 14.0. The highest BCUT2D eigenvalue weighted by atomic mass is 35.5. The molecule has 1 aromatic heterocycles. The maximum atomic E-state index is 12.7. The number of amides is 1. The summed E-state index contributed by atoms with van der Waals surface area (Å²) >= 11 is 7.51. The second-order valence-corrected chi connectivity index (χ2v) is 10.1. The van der Waals surface area contributed by atoms with Crippen LogP contribution in [0.4, 0.5) is 5.69 Å². The lowest BCUT2D eigenvalue weighted by Crippen LogP contribution is -2.12. The third-order valence-corrected chi connectivity index (χ3v) is 7.42. The molecule has 4 rings (SSSR count). The molecule has 0 fully saturated rings. The van der Waals surface area contributed by atoms with Crippen molar-refractivity contribution in [2.24, 2.45) is 0 Å². The van der Waals surface area contributed by atoms with Crippen LogP contribution in [0.25, 0.3) is 22.4 Å². The first-order valence-corrected chi connectivity index (χ1v) is 13.9. The Bertz CT molecular complexity index is 1570. The molecule has 0 aliphatic carbocycles. The lowest BCUT2D eigenvalue weighted by atomic mass is 9.98. The van der Waals surface area contributed by atoms with Gasteiger partial charge in [0, 0.05) is 29.0 Å². The van der Waals surface area contributed by atoms with E-state index in [1.807, 2.05) is 36.4 Å². The average molecular weight is 590 g/mol. The second kappa shape index (κ2) is 13.8. The smallest absolute Gasteiger partial charge is 0.225 e. The van der Waals surface area contributed by atoms with E-state index in [0.29, 0.717) is 66.9 Å². The van der Waals surface area contributed by atoms with E-state index in [4.69, 9.17) is 35.5 Å². The Kier molecular flexibility index (Phi) is 9.95. The molecule has 0 radical (unpaired) electrons. The Hall–Kier alpha value is -4.39. The molecule has 0 aliphatic heterocycles. The Morgan fingerprint density at radius 3 is 2.17 bits per heavy atom. The molecule has 0 unspecified atom stereocenters. The molecule has 0 saturated carbocycles. The summed E-state index contributed by atoms with van der Waals surface area (Å²) in [5.41, 5.74) is 3.88. The number of aromatic nitrogens is 1. The SMILES string of the molecule is COc1ccc(NC(=O)CCSc2nc(-c3ccccc3)cc(-c3cc(OC)c(OC)c(OC)c3)c2C#N)cc1Cl. The largest absolute Gasteiger partial charge is 0.495 e. The van der Waals surface area contributed by atoms with Crippen molar-refractivity contribution < 1.29 is 23.7 Å². The number of carbonyl (C=O) groups excluding carboxylic acids is 1. The number of ether oxygens (including phenoxy) is 4. The minimum Gasteiger partial charge on any atom is -0.495 e. The number of nitrogens with one attached hydrogen (secondary N) is 1. The van der Waals surface area contributed by atoms with Crippen LogP contribution in [0.3, 0.4) is 0 Å². The predicted molar refractivity (Wildman–Crippen MR) is 161 cm³/mol. The summed E-state index contributed by atoms with van der Waals surface area (Å²) in [6, 6.07) is 22.5. The molecule has 4 aromatic rings. The van der Waals surface area contributed by atoms with E-state index in [-0.39, 0.29) is 12.3 Å². The fourth-order valence-electron chi connectivity index (χ4n) is 4.16. The number of nitriles is 1. The normalized spacial score (nSPS) is 10.4. The number of hydrogen-bond acceptors (Lipinski definition) is 8. The highest BCUT2D eigenvalue weighted by Crippen LogP contribution is 2.43. The molecule has 0 bridgehead atoms. The van der Waals surface area contributed by atoms with Crippen LogP contribution in [-0.2, 0) is 4.79 Å². The molecule has 0 atom stereocenters. The second-order valence-electron chi connectivity index (χ2n) is 8.62. The quantitative estimate of drug-likeness (QED) is 0.185. The molecule has 1 heterocycles. The summed E-state index contributed by atoms with van der Waals surface area (Å²) < 4.78 is 21.7. The number of benzene rings is 3. The van der Waals surface area contributed by atoms with Crippen molar-refractivity contribution in [1.29, 1.82) is 5.26 Å². The zero-order valence-electron chi connectivity index (χ0n) is 23.0. The standard InChI is InChI=1S/C31H28ClN3O5S/c1-37-26-11-10-21(16-24(26)32)34-29(36)12-13-41-31-23(18-33)22(17-25(35-31)19-8-6-5-7-9-19)20-14-27(38-2)30(40-4)28(15-20)39-3/h5-11,14-17H,12-13H2,1-4H3,(H,34,36). The van der Waals surface area contributed by atoms with Gasteiger partial charge >= 0.3 is 0 Å². The lowest BCUT2D eigenvalue weighted by Gasteiger charge is -2.16. The summed E-state index contributed by atoms with van der Waals surface area (Å²) in [6.07, 6.45) is 0.190. The third-order valence-electron chi connectivity index (χ3n) is 6.15. The van der Waals surface area contributed by atoms with Gasteiger partial charge in [0.2, 0.25) is 11.7 Å². The molecule has 0 saturated heterocycles. The van der Waals surface area contributed by atoms with Crippen LogP contribution < -0.4 is 24.3 Å². The Balaban J connectivity index is 1.67. The summed E-state index contributed by atoms with van der Waals surface area (Å²) in [4.78, 5) is 17.5. The molecular weight excluding hydrogens is 562 g/mol. The van der Waals surface area contributed by atoms with Crippen LogP contribution >= 0.6 is 23.4 Å². The molecule has 0 spiro atoms. The molecule has 1 N–H and O–H groups in total. The number of halogens is 1. The molecule has 41 heavy (non-hydrogen) atoms. The van der Waals surface area contributed by atoms with Gasteiger partial charge in [-0.2, -0.15) is 5.26 Å². The van der Waals surface area contributed by atoms with E-state index in [0.717, 1.165) is 5.56 Å². The van der Waals surface area contributed by atoms with Gasteiger partial charge < -0.3 is 24.3 Å². The number of anilines is 1.